The summed E-state index contributed by atoms with van der Waals surface area (Å²) < 4.78 is 0. The number of benzene rings is 2. The Balaban J connectivity index is 2.54. The molecule has 0 aromatic heterocycles. The molecule has 0 aliphatic rings. The number of hydrogen-bond acceptors (Lipinski definition) is 1. The lowest BCUT2D eigenvalue weighted by Gasteiger charge is -2.23. The fraction of sp³-hybridized carbons (Fsp3) is 0.235. The summed E-state index contributed by atoms with van der Waals surface area (Å²) in [7, 11) is -0.460. The van der Waals surface area contributed by atoms with E-state index in [1.165, 1.54) is 10.6 Å². The average Bonchev–Trinajstić information content (AvgIpc) is 2.39. The van der Waals surface area contributed by atoms with E-state index in [4.69, 9.17) is 11.6 Å². The molecule has 0 bridgehead atoms. The van der Waals surface area contributed by atoms with Crippen LogP contribution < -0.4 is 10.6 Å². The van der Waals surface area contributed by atoms with Crippen LogP contribution in [-0.2, 0) is 0 Å². The fourth-order valence-electron chi connectivity index (χ4n) is 2.36. The van der Waals surface area contributed by atoms with E-state index in [9.17, 15) is 4.79 Å². The minimum Gasteiger partial charge on any atom is -0.298 e. The summed E-state index contributed by atoms with van der Waals surface area (Å²) in [4.78, 5) is 11.1. The first-order chi connectivity index (χ1) is 9.54. The molecular formula is C17H18ClOP. The quantitative estimate of drug-likeness (QED) is 0.608. The third-order valence-electron chi connectivity index (χ3n) is 3.27. The SMILES string of the molecule is Cc1cc(P(c2ccccc2)C(C)C)cc(Cl)c1C=O. The van der Waals surface area contributed by atoms with Crippen molar-refractivity contribution >= 4 is 36.4 Å². The van der Waals surface area contributed by atoms with Crippen LogP contribution in [0.3, 0.4) is 0 Å². The highest BCUT2D eigenvalue weighted by Crippen LogP contribution is 2.40. The van der Waals surface area contributed by atoms with Gasteiger partial charge in [0, 0.05) is 5.56 Å². The van der Waals surface area contributed by atoms with Gasteiger partial charge < -0.3 is 0 Å². The van der Waals surface area contributed by atoms with Gasteiger partial charge in [-0.3, -0.25) is 4.79 Å². The summed E-state index contributed by atoms with van der Waals surface area (Å²) in [6.45, 7) is 6.41. The Morgan fingerprint density at radius 2 is 1.75 bits per heavy atom. The monoisotopic (exact) mass is 304 g/mol. The molecule has 0 aliphatic carbocycles. The Morgan fingerprint density at radius 3 is 2.25 bits per heavy atom. The van der Waals surface area contributed by atoms with Gasteiger partial charge in [-0.2, -0.15) is 0 Å². The second kappa shape index (κ2) is 6.52. The van der Waals surface area contributed by atoms with Gasteiger partial charge in [-0.1, -0.05) is 61.8 Å². The first kappa shape index (κ1) is 15.2. The summed E-state index contributed by atoms with van der Waals surface area (Å²) in [5.41, 5.74) is 2.07. The maximum atomic E-state index is 11.1. The van der Waals surface area contributed by atoms with Crippen LogP contribution in [0.15, 0.2) is 42.5 Å². The lowest BCUT2D eigenvalue weighted by Crippen LogP contribution is -2.18. The molecule has 0 amide bonds. The molecule has 0 aliphatic heterocycles. The zero-order chi connectivity index (χ0) is 14.7. The summed E-state index contributed by atoms with van der Waals surface area (Å²) in [6, 6.07) is 14.6. The second-order valence-corrected chi connectivity index (χ2v) is 8.29. The molecule has 2 aromatic rings. The number of aryl methyl sites for hydroxylation is 1. The van der Waals surface area contributed by atoms with Crippen molar-refractivity contribution in [2.45, 2.75) is 26.4 Å². The van der Waals surface area contributed by atoms with E-state index in [1.54, 1.807) is 0 Å². The second-order valence-electron chi connectivity index (χ2n) is 5.08. The Hall–Kier alpha value is -1.17. The van der Waals surface area contributed by atoms with Gasteiger partial charge in [0.2, 0.25) is 0 Å². The number of halogens is 1. The first-order valence-electron chi connectivity index (χ1n) is 6.64. The average molecular weight is 305 g/mol. The van der Waals surface area contributed by atoms with Crippen LogP contribution in [-0.4, -0.2) is 11.9 Å². The third-order valence-corrected chi connectivity index (χ3v) is 6.28. The zero-order valence-electron chi connectivity index (χ0n) is 11.9. The molecule has 20 heavy (non-hydrogen) atoms. The topological polar surface area (TPSA) is 17.1 Å². The van der Waals surface area contributed by atoms with E-state index in [0.29, 0.717) is 16.2 Å². The molecular weight excluding hydrogens is 287 g/mol. The van der Waals surface area contributed by atoms with E-state index in [-0.39, 0.29) is 0 Å². The van der Waals surface area contributed by atoms with Crippen molar-refractivity contribution in [3.8, 4) is 0 Å². The predicted octanol–water partition coefficient (Wildman–Crippen LogP) is 4.30. The van der Waals surface area contributed by atoms with Gasteiger partial charge >= 0.3 is 0 Å². The summed E-state index contributed by atoms with van der Waals surface area (Å²) in [6.07, 6.45) is 0.835. The minimum absolute atomic E-state index is 0.460. The van der Waals surface area contributed by atoms with Gasteiger partial charge in [0.05, 0.1) is 5.02 Å². The Labute approximate surface area is 126 Å². The number of rotatable bonds is 4. The van der Waals surface area contributed by atoms with Gasteiger partial charge in [0.15, 0.2) is 6.29 Å². The molecule has 0 spiro atoms. The number of aldehydes is 1. The fourth-order valence-corrected chi connectivity index (χ4v) is 5.33. The molecule has 0 saturated heterocycles. The van der Waals surface area contributed by atoms with Crippen molar-refractivity contribution in [1.82, 2.24) is 0 Å². The standard InChI is InChI=1S/C17H18ClOP/c1-12(2)20(14-7-5-4-6-8-14)15-9-13(3)16(11-19)17(18)10-15/h4-12H,1-3H3. The van der Waals surface area contributed by atoms with E-state index in [1.807, 2.05) is 19.1 Å². The molecule has 1 unspecified atom stereocenters. The van der Waals surface area contributed by atoms with Gasteiger partial charge in [-0.05, 0) is 42.7 Å². The highest BCUT2D eigenvalue weighted by molar-refractivity contribution is 7.73. The van der Waals surface area contributed by atoms with E-state index >= 15 is 0 Å². The molecule has 0 saturated carbocycles. The molecule has 0 fully saturated rings. The maximum absolute atomic E-state index is 11.1. The molecule has 0 heterocycles. The Kier molecular flexibility index (Phi) is 4.96. The lowest BCUT2D eigenvalue weighted by molar-refractivity contribution is 0.112. The smallest absolute Gasteiger partial charge is 0.151 e. The summed E-state index contributed by atoms with van der Waals surface area (Å²) >= 11 is 6.25. The lowest BCUT2D eigenvalue weighted by atomic mass is 10.1. The molecule has 2 rings (SSSR count). The van der Waals surface area contributed by atoms with Crippen molar-refractivity contribution in [1.29, 1.82) is 0 Å². The van der Waals surface area contributed by atoms with Crippen LogP contribution in [0.4, 0.5) is 0 Å². The molecule has 1 nitrogen and oxygen atoms in total. The molecule has 104 valence electrons. The van der Waals surface area contributed by atoms with Gasteiger partial charge in [0.1, 0.15) is 0 Å². The van der Waals surface area contributed by atoms with E-state index < -0.39 is 7.92 Å². The minimum atomic E-state index is -0.460. The van der Waals surface area contributed by atoms with Gasteiger partial charge in [-0.15, -0.1) is 0 Å². The highest BCUT2D eigenvalue weighted by Gasteiger charge is 2.19. The van der Waals surface area contributed by atoms with Crippen LogP contribution in [0.2, 0.25) is 5.02 Å². The zero-order valence-corrected chi connectivity index (χ0v) is 13.6. The van der Waals surface area contributed by atoms with Crippen molar-refractivity contribution in [2.24, 2.45) is 0 Å². The van der Waals surface area contributed by atoms with Crippen LogP contribution in [0.1, 0.15) is 29.8 Å². The number of hydrogen-bond donors (Lipinski definition) is 0. The van der Waals surface area contributed by atoms with Crippen molar-refractivity contribution in [2.75, 3.05) is 0 Å². The molecule has 2 aromatic carbocycles. The Bertz CT molecular complexity index is 585. The van der Waals surface area contributed by atoms with Crippen molar-refractivity contribution in [3.63, 3.8) is 0 Å². The number of carbonyl (C=O) groups excluding carboxylic acids is 1. The third kappa shape index (κ3) is 3.11. The maximum Gasteiger partial charge on any atom is 0.151 e. The van der Waals surface area contributed by atoms with Crippen molar-refractivity contribution < 1.29 is 4.79 Å². The summed E-state index contributed by atoms with van der Waals surface area (Å²) in [5, 5.41) is 3.13. The molecule has 1 atom stereocenters. The first-order valence-corrected chi connectivity index (χ1v) is 8.43. The van der Waals surface area contributed by atoms with E-state index in [0.717, 1.165) is 11.8 Å². The van der Waals surface area contributed by atoms with Crippen LogP contribution in [0.25, 0.3) is 0 Å². The van der Waals surface area contributed by atoms with Crippen LogP contribution in [0, 0.1) is 6.92 Å². The largest absolute Gasteiger partial charge is 0.298 e. The predicted molar refractivity (Wildman–Crippen MR) is 89.3 cm³/mol. The van der Waals surface area contributed by atoms with Crippen molar-refractivity contribution in [3.05, 3.63) is 58.6 Å². The number of carbonyl (C=O) groups is 1. The summed E-state index contributed by atoms with van der Waals surface area (Å²) in [5.74, 6) is 0. The molecule has 3 heteroatoms. The highest BCUT2D eigenvalue weighted by atomic mass is 35.5. The van der Waals surface area contributed by atoms with Crippen LogP contribution >= 0.6 is 19.5 Å². The normalized spacial score (nSPS) is 12.4. The van der Waals surface area contributed by atoms with Gasteiger partial charge in [-0.25, -0.2) is 0 Å². The Morgan fingerprint density at radius 1 is 1.10 bits per heavy atom. The molecule has 0 radical (unpaired) electrons. The van der Waals surface area contributed by atoms with E-state index in [2.05, 4.69) is 44.2 Å². The molecule has 0 N–H and O–H groups in total. The van der Waals surface area contributed by atoms with Gasteiger partial charge in [0.25, 0.3) is 0 Å². The van der Waals surface area contributed by atoms with Crippen LogP contribution in [0.5, 0.6) is 0 Å².